The number of nitrogen functional groups attached to an aromatic ring is 1. The van der Waals surface area contributed by atoms with E-state index in [0.29, 0.717) is 6.54 Å². The van der Waals surface area contributed by atoms with Gasteiger partial charge in [0.15, 0.2) is 0 Å². The van der Waals surface area contributed by atoms with Crippen molar-refractivity contribution in [2.24, 2.45) is 0 Å². The minimum Gasteiger partial charge on any atom is -0.478 e. The molecule has 4 nitrogen and oxygen atoms in total. The fraction of sp³-hybridized carbons (Fsp3) is 0.133. The molecule has 3 N–H and O–H groups in total. The highest BCUT2D eigenvalue weighted by Gasteiger charge is 2.22. The molecule has 2 aromatic carbocycles. The molecule has 0 saturated carbocycles. The molecule has 0 bridgehead atoms. The minimum atomic E-state index is -1.17. The first-order valence-corrected chi connectivity index (χ1v) is 6.67. The SMILES string of the molecule is CCN(c1ccccc1F)c1c(Cl)cc(N)cc1C(=O)O. The zero-order valence-electron chi connectivity index (χ0n) is 11.3. The Morgan fingerprint density at radius 2 is 2.05 bits per heavy atom. The summed E-state index contributed by atoms with van der Waals surface area (Å²) >= 11 is 6.15. The third kappa shape index (κ3) is 2.92. The molecule has 0 atom stereocenters. The zero-order valence-corrected chi connectivity index (χ0v) is 12.1. The Balaban J connectivity index is 2.68. The van der Waals surface area contributed by atoms with Crippen molar-refractivity contribution in [2.45, 2.75) is 6.92 Å². The van der Waals surface area contributed by atoms with Crippen molar-refractivity contribution in [3.8, 4) is 0 Å². The average molecular weight is 309 g/mol. The van der Waals surface area contributed by atoms with Crippen molar-refractivity contribution >= 4 is 34.6 Å². The van der Waals surface area contributed by atoms with Gasteiger partial charge in [0.1, 0.15) is 5.82 Å². The molecule has 0 radical (unpaired) electrons. The highest BCUT2D eigenvalue weighted by molar-refractivity contribution is 6.34. The molecule has 6 heteroatoms. The Labute approximate surface area is 126 Å². The van der Waals surface area contributed by atoms with Gasteiger partial charge in [0, 0.05) is 12.2 Å². The van der Waals surface area contributed by atoms with Crippen molar-refractivity contribution in [1.82, 2.24) is 0 Å². The number of carboxylic acids is 1. The van der Waals surface area contributed by atoms with Crippen LogP contribution in [-0.2, 0) is 0 Å². The summed E-state index contributed by atoms with van der Waals surface area (Å²) in [6, 6.07) is 8.88. The molecule has 0 aliphatic carbocycles. The van der Waals surface area contributed by atoms with Crippen LogP contribution in [0.3, 0.4) is 0 Å². The lowest BCUT2D eigenvalue weighted by Crippen LogP contribution is -2.21. The molecule has 0 saturated heterocycles. The first-order valence-electron chi connectivity index (χ1n) is 6.30. The Morgan fingerprint density at radius 3 is 2.62 bits per heavy atom. The van der Waals surface area contributed by atoms with E-state index in [-0.39, 0.29) is 27.6 Å². The van der Waals surface area contributed by atoms with Gasteiger partial charge in [0.25, 0.3) is 0 Å². The number of hydrogen-bond donors (Lipinski definition) is 2. The van der Waals surface area contributed by atoms with E-state index in [9.17, 15) is 14.3 Å². The van der Waals surface area contributed by atoms with Gasteiger partial charge in [-0.1, -0.05) is 23.7 Å². The summed E-state index contributed by atoms with van der Waals surface area (Å²) in [5.74, 6) is -1.63. The smallest absolute Gasteiger partial charge is 0.337 e. The number of anilines is 3. The van der Waals surface area contributed by atoms with Gasteiger partial charge in [-0.2, -0.15) is 0 Å². The van der Waals surface area contributed by atoms with E-state index in [2.05, 4.69) is 0 Å². The molecule has 0 aliphatic rings. The molecule has 0 spiro atoms. The third-order valence-corrected chi connectivity index (χ3v) is 3.33. The molecule has 0 amide bonds. The van der Waals surface area contributed by atoms with Crippen molar-refractivity contribution in [3.05, 3.63) is 52.8 Å². The van der Waals surface area contributed by atoms with Gasteiger partial charge >= 0.3 is 5.97 Å². The van der Waals surface area contributed by atoms with Crippen LogP contribution in [0.1, 0.15) is 17.3 Å². The molecule has 2 aromatic rings. The average Bonchev–Trinajstić information content (AvgIpc) is 2.42. The molecule has 0 heterocycles. The number of hydrogen-bond acceptors (Lipinski definition) is 3. The molecule has 0 unspecified atom stereocenters. The van der Waals surface area contributed by atoms with Crippen molar-refractivity contribution in [3.63, 3.8) is 0 Å². The van der Waals surface area contributed by atoms with E-state index in [4.69, 9.17) is 17.3 Å². The van der Waals surface area contributed by atoms with Crippen LogP contribution < -0.4 is 10.6 Å². The van der Waals surface area contributed by atoms with E-state index in [1.165, 1.54) is 23.1 Å². The van der Waals surface area contributed by atoms with Gasteiger partial charge in [0.2, 0.25) is 0 Å². The van der Waals surface area contributed by atoms with Gasteiger partial charge in [-0.3, -0.25) is 0 Å². The Morgan fingerprint density at radius 1 is 1.38 bits per heavy atom. The number of benzene rings is 2. The second kappa shape index (κ2) is 6.01. The lowest BCUT2D eigenvalue weighted by molar-refractivity contribution is 0.0697. The van der Waals surface area contributed by atoms with Crippen molar-refractivity contribution in [1.29, 1.82) is 0 Å². The standard InChI is InChI=1S/C15H14ClFN2O2/c1-2-19(13-6-4-3-5-12(13)17)14-10(15(20)21)7-9(18)8-11(14)16/h3-8H,2,18H2,1H3,(H,20,21). The first-order chi connectivity index (χ1) is 9.95. The Hall–Kier alpha value is -2.27. The molecule has 0 fully saturated rings. The maximum atomic E-state index is 14.0. The van der Waals surface area contributed by atoms with E-state index >= 15 is 0 Å². The van der Waals surface area contributed by atoms with Gasteiger partial charge < -0.3 is 15.7 Å². The summed E-state index contributed by atoms with van der Waals surface area (Å²) in [5.41, 5.74) is 6.30. The van der Waals surface area contributed by atoms with Gasteiger partial charge in [0.05, 0.1) is 22.0 Å². The van der Waals surface area contributed by atoms with Crippen LogP contribution >= 0.6 is 11.6 Å². The summed E-state index contributed by atoms with van der Waals surface area (Å²) in [6.07, 6.45) is 0. The molecule has 2 rings (SSSR count). The number of rotatable bonds is 4. The van der Waals surface area contributed by atoms with Crippen LogP contribution in [0.5, 0.6) is 0 Å². The molecule has 0 aliphatic heterocycles. The molecule has 0 aromatic heterocycles. The monoisotopic (exact) mass is 308 g/mol. The molecule has 110 valence electrons. The summed E-state index contributed by atoms with van der Waals surface area (Å²) in [7, 11) is 0. The van der Waals surface area contributed by atoms with E-state index < -0.39 is 11.8 Å². The van der Waals surface area contributed by atoms with Crippen LogP contribution in [0.25, 0.3) is 0 Å². The minimum absolute atomic E-state index is 0.0647. The number of carboxylic acid groups (broad SMARTS) is 1. The predicted molar refractivity (Wildman–Crippen MR) is 81.9 cm³/mol. The third-order valence-electron chi connectivity index (χ3n) is 3.05. The largest absolute Gasteiger partial charge is 0.478 e. The molecular formula is C15H14ClFN2O2. The Bertz CT molecular complexity index is 691. The van der Waals surface area contributed by atoms with Crippen molar-refractivity contribution < 1.29 is 14.3 Å². The maximum Gasteiger partial charge on any atom is 0.337 e. The topological polar surface area (TPSA) is 66.6 Å². The van der Waals surface area contributed by atoms with Gasteiger partial charge in [-0.15, -0.1) is 0 Å². The summed E-state index contributed by atoms with van der Waals surface area (Å²) in [4.78, 5) is 12.9. The number of nitrogens with two attached hydrogens (primary N) is 1. The fourth-order valence-corrected chi connectivity index (χ4v) is 2.51. The summed E-state index contributed by atoms with van der Waals surface area (Å²) < 4.78 is 14.0. The highest BCUT2D eigenvalue weighted by Crippen LogP contribution is 2.37. The van der Waals surface area contributed by atoms with Crippen molar-refractivity contribution in [2.75, 3.05) is 17.2 Å². The number of nitrogens with zero attached hydrogens (tertiary/aromatic N) is 1. The van der Waals surface area contributed by atoms with Crippen LogP contribution in [0.15, 0.2) is 36.4 Å². The van der Waals surface area contributed by atoms with Gasteiger partial charge in [-0.25, -0.2) is 9.18 Å². The van der Waals surface area contributed by atoms with Gasteiger partial charge in [-0.05, 0) is 31.2 Å². The van der Waals surface area contributed by atoms with Crippen LogP contribution in [-0.4, -0.2) is 17.6 Å². The Kier molecular flexibility index (Phi) is 4.33. The zero-order chi connectivity index (χ0) is 15.6. The first kappa shape index (κ1) is 15.1. The maximum absolute atomic E-state index is 14.0. The number of para-hydroxylation sites is 1. The summed E-state index contributed by atoms with van der Waals surface area (Å²) in [5, 5.41) is 9.50. The normalized spacial score (nSPS) is 10.4. The van der Waals surface area contributed by atoms with Crippen LogP contribution in [0.2, 0.25) is 5.02 Å². The molecular weight excluding hydrogens is 295 g/mol. The van der Waals surface area contributed by atoms with Crippen LogP contribution in [0, 0.1) is 5.82 Å². The van der Waals surface area contributed by atoms with E-state index in [1.807, 2.05) is 0 Å². The van der Waals surface area contributed by atoms with E-state index in [1.54, 1.807) is 25.1 Å². The second-order valence-corrected chi connectivity index (χ2v) is 4.81. The lowest BCUT2D eigenvalue weighted by atomic mass is 10.1. The quantitative estimate of drug-likeness (QED) is 0.840. The number of halogens is 2. The fourth-order valence-electron chi connectivity index (χ4n) is 2.18. The lowest BCUT2D eigenvalue weighted by Gasteiger charge is -2.26. The predicted octanol–water partition coefficient (Wildman–Crippen LogP) is 3.92. The summed E-state index contributed by atoms with van der Waals surface area (Å²) in [6.45, 7) is 2.13. The molecule has 21 heavy (non-hydrogen) atoms. The number of carbonyl (C=O) groups is 1. The van der Waals surface area contributed by atoms with E-state index in [0.717, 1.165) is 0 Å². The number of aromatic carboxylic acids is 1. The second-order valence-electron chi connectivity index (χ2n) is 4.40. The highest BCUT2D eigenvalue weighted by atomic mass is 35.5. The van der Waals surface area contributed by atoms with Crippen LogP contribution in [0.4, 0.5) is 21.5 Å².